The molecule has 1 N–H and O–H groups in total. The molecule has 1 aliphatic heterocycles. The maximum absolute atomic E-state index is 13.4. The zero-order chi connectivity index (χ0) is 30.3. The van der Waals surface area contributed by atoms with Crippen LogP contribution < -0.4 is 10.3 Å². The Labute approximate surface area is 245 Å². The van der Waals surface area contributed by atoms with Gasteiger partial charge in [0.25, 0.3) is 5.56 Å². The first-order valence-corrected chi connectivity index (χ1v) is 13.6. The van der Waals surface area contributed by atoms with Gasteiger partial charge in [0.15, 0.2) is 0 Å². The van der Waals surface area contributed by atoms with Crippen LogP contribution in [0.3, 0.4) is 0 Å². The monoisotopic (exact) mass is 612 g/mol. The average molecular weight is 613 g/mol. The number of rotatable bonds is 7. The Morgan fingerprint density at radius 2 is 1.98 bits per heavy atom. The molecular formula is C29H20ClF3N4O4S. The van der Waals surface area contributed by atoms with E-state index in [-0.39, 0.29) is 30.0 Å². The lowest BCUT2D eigenvalue weighted by Crippen LogP contribution is -2.33. The minimum atomic E-state index is -4.64. The molecule has 4 aromatic rings. The van der Waals surface area contributed by atoms with Crippen LogP contribution in [0, 0.1) is 11.3 Å². The van der Waals surface area contributed by atoms with Crippen molar-refractivity contribution in [2.75, 3.05) is 13.2 Å². The zero-order valence-electron chi connectivity index (χ0n) is 21.8. The van der Waals surface area contributed by atoms with E-state index in [2.05, 4.69) is 11.6 Å². The molecule has 0 unspecified atom stereocenters. The first-order valence-electron chi connectivity index (χ1n) is 12.3. The van der Waals surface area contributed by atoms with Gasteiger partial charge in [0.05, 0.1) is 39.6 Å². The van der Waals surface area contributed by atoms with E-state index in [1.165, 1.54) is 22.0 Å². The summed E-state index contributed by atoms with van der Waals surface area (Å²) in [6, 6.07) is 11.4. The zero-order valence-corrected chi connectivity index (χ0v) is 23.4. The summed E-state index contributed by atoms with van der Waals surface area (Å²) in [5.41, 5.74) is 0.393. The number of aliphatic imine (C=N–C) groups is 1. The Balaban J connectivity index is 1.44. The molecule has 0 amide bonds. The first kappa shape index (κ1) is 28.9. The van der Waals surface area contributed by atoms with Gasteiger partial charge in [-0.3, -0.25) is 14.2 Å². The first-order chi connectivity index (χ1) is 19.9. The van der Waals surface area contributed by atoms with Gasteiger partial charge in [0.1, 0.15) is 24.7 Å². The van der Waals surface area contributed by atoms with Gasteiger partial charge < -0.3 is 14.7 Å². The van der Waals surface area contributed by atoms with Crippen molar-refractivity contribution in [3.8, 4) is 22.9 Å². The molecule has 5 rings (SSSR count). The lowest BCUT2D eigenvalue weighted by molar-refractivity contribution is -0.138. The van der Waals surface area contributed by atoms with Crippen molar-refractivity contribution < 1.29 is 27.8 Å². The number of ether oxygens (including phenoxy) is 1. The third kappa shape index (κ3) is 5.36. The molecule has 0 bridgehead atoms. The summed E-state index contributed by atoms with van der Waals surface area (Å²) in [7, 11) is 0. The van der Waals surface area contributed by atoms with Crippen LogP contribution in [0.2, 0.25) is 5.02 Å². The normalized spacial score (nSPS) is 13.1. The largest absolute Gasteiger partial charge is 0.491 e. The number of pyridine rings is 1. The number of hydrogen-bond donors (Lipinski definition) is 1. The number of halogens is 4. The molecule has 3 heterocycles. The van der Waals surface area contributed by atoms with Crippen molar-refractivity contribution in [1.29, 1.82) is 5.26 Å². The van der Waals surface area contributed by atoms with E-state index in [0.29, 0.717) is 43.6 Å². The van der Waals surface area contributed by atoms with Gasteiger partial charge in [0.2, 0.25) is 0 Å². The highest BCUT2D eigenvalue weighted by Crippen LogP contribution is 2.41. The number of carboxylic acid groups (broad SMARTS) is 1. The van der Waals surface area contributed by atoms with Crippen molar-refractivity contribution in [2.24, 2.45) is 4.99 Å². The molecule has 1 aliphatic rings. The highest BCUT2D eigenvalue weighted by atomic mass is 35.5. The Bertz CT molecular complexity index is 1910. The van der Waals surface area contributed by atoms with Crippen molar-refractivity contribution in [2.45, 2.75) is 19.6 Å². The number of nitriles is 1. The Morgan fingerprint density at radius 1 is 1.21 bits per heavy atom. The molecule has 0 spiro atoms. The second-order valence-corrected chi connectivity index (χ2v) is 10.6. The Kier molecular flexibility index (Phi) is 7.57. The number of carboxylic acids is 1. The maximum atomic E-state index is 13.4. The van der Waals surface area contributed by atoms with Gasteiger partial charge in [-0.1, -0.05) is 18.2 Å². The summed E-state index contributed by atoms with van der Waals surface area (Å²) >= 11 is 7.63. The number of aliphatic carboxylic acids is 1. The standard InChI is InChI=1S/C29H20ClF3N4O4S/c1-15-27-17(13-34)9-18(29(31,32)33)10-22(27)35-16(2)36(15)6-7-41-24-4-3-19(30)11-20(24)21-12-25(38)37(14-26(39)40)23-5-8-42-28(21)23/h3-5,8-12H,1,6-7,14H2,2H3,(H,39,40). The van der Waals surface area contributed by atoms with Crippen molar-refractivity contribution in [3.05, 3.63) is 86.5 Å². The number of aromatic nitrogens is 1. The van der Waals surface area contributed by atoms with Crippen LogP contribution in [-0.4, -0.2) is 39.5 Å². The lowest BCUT2D eigenvalue weighted by Gasteiger charge is -2.31. The number of fused-ring (bicyclic) bond motifs is 2. The van der Waals surface area contributed by atoms with Crippen LogP contribution in [0.25, 0.3) is 27.0 Å². The molecule has 0 fully saturated rings. The second-order valence-electron chi connectivity index (χ2n) is 9.28. The van der Waals surface area contributed by atoms with Gasteiger partial charge in [-0.05, 0) is 48.7 Å². The van der Waals surface area contributed by atoms with Gasteiger partial charge in [-0.2, -0.15) is 18.4 Å². The van der Waals surface area contributed by atoms with Crippen LogP contribution in [0.5, 0.6) is 5.75 Å². The number of nitrogens with zero attached hydrogens (tertiary/aromatic N) is 4. The van der Waals surface area contributed by atoms with E-state index in [0.717, 1.165) is 12.1 Å². The van der Waals surface area contributed by atoms with E-state index in [9.17, 15) is 33.1 Å². The minimum Gasteiger partial charge on any atom is -0.491 e. The third-order valence-electron chi connectivity index (χ3n) is 6.66. The molecule has 2 aromatic carbocycles. The average Bonchev–Trinajstić information content (AvgIpc) is 3.41. The van der Waals surface area contributed by atoms with Crippen LogP contribution in [0.4, 0.5) is 18.9 Å². The minimum absolute atomic E-state index is 0.0126. The summed E-state index contributed by atoms with van der Waals surface area (Å²) in [4.78, 5) is 30.2. The molecule has 214 valence electrons. The Morgan fingerprint density at radius 3 is 2.67 bits per heavy atom. The summed E-state index contributed by atoms with van der Waals surface area (Å²) in [6.45, 7) is 5.41. The fraction of sp³-hybridized carbons (Fsp3) is 0.172. The topological polar surface area (TPSA) is 108 Å². The van der Waals surface area contributed by atoms with E-state index in [4.69, 9.17) is 16.3 Å². The van der Waals surface area contributed by atoms with Crippen LogP contribution >= 0.6 is 22.9 Å². The highest BCUT2D eigenvalue weighted by Gasteiger charge is 2.34. The quantitative estimate of drug-likeness (QED) is 0.247. The fourth-order valence-corrected chi connectivity index (χ4v) is 5.92. The molecule has 0 atom stereocenters. The smallest absolute Gasteiger partial charge is 0.416 e. The highest BCUT2D eigenvalue weighted by molar-refractivity contribution is 7.17. The van der Waals surface area contributed by atoms with E-state index in [1.807, 2.05) is 6.07 Å². The van der Waals surface area contributed by atoms with Gasteiger partial charge in [0, 0.05) is 33.5 Å². The summed E-state index contributed by atoms with van der Waals surface area (Å²) in [5.74, 6) is -0.375. The molecule has 2 aromatic heterocycles. The number of hydrogen-bond acceptors (Lipinski definition) is 7. The number of thiophene rings is 1. The number of benzene rings is 2. The summed E-state index contributed by atoms with van der Waals surface area (Å²) < 4.78 is 48.0. The maximum Gasteiger partial charge on any atom is 0.416 e. The third-order valence-corrected chi connectivity index (χ3v) is 7.84. The van der Waals surface area contributed by atoms with Gasteiger partial charge >= 0.3 is 12.1 Å². The van der Waals surface area contributed by atoms with Gasteiger partial charge in [-0.15, -0.1) is 11.3 Å². The molecule has 13 heteroatoms. The number of carbonyl (C=O) groups is 1. The van der Waals surface area contributed by atoms with E-state index < -0.39 is 29.8 Å². The predicted octanol–water partition coefficient (Wildman–Crippen LogP) is 6.77. The van der Waals surface area contributed by atoms with Crippen molar-refractivity contribution in [1.82, 2.24) is 9.47 Å². The molecule has 8 nitrogen and oxygen atoms in total. The van der Waals surface area contributed by atoms with Crippen molar-refractivity contribution in [3.63, 3.8) is 0 Å². The SMILES string of the molecule is C=C1c2c(C#N)cc(C(F)(F)F)cc2N=C(C)N1CCOc1ccc(Cl)cc1-c1cc(=O)n(CC(=O)O)c2ccsc12. The van der Waals surface area contributed by atoms with Crippen LogP contribution in [0.15, 0.2) is 64.2 Å². The summed E-state index contributed by atoms with van der Waals surface area (Å²) in [5, 5.41) is 21.0. The van der Waals surface area contributed by atoms with E-state index in [1.54, 1.807) is 41.5 Å². The fourth-order valence-electron chi connectivity index (χ4n) is 4.82. The van der Waals surface area contributed by atoms with Crippen LogP contribution in [-0.2, 0) is 17.5 Å². The molecule has 42 heavy (non-hydrogen) atoms. The Hall–Kier alpha value is -4.60. The molecule has 0 radical (unpaired) electrons. The number of amidine groups is 1. The number of alkyl halides is 3. The molecule has 0 saturated heterocycles. The lowest BCUT2D eigenvalue weighted by atomic mass is 9.97. The van der Waals surface area contributed by atoms with Crippen LogP contribution in [0.1, 0.15) is 23.6 Å². The second kappa shape index (κ2) is 11.0. The van der Waals surface area contributed by atoms with Crippen molar-refractivity contribution >= 4 is 56.3 Å². The molecular weight excluding hydrogens is 593 g/mol. The predicted molar refractivity (Wildman–Crippen MR) is 154 cm³/mol. The van der Waals surface area contributed by atoms with Gasteiger partial charge in [-0.25, -0.2) is 4.99 Å². The summed E-state index contributed by atoms with van der Waals surface area (Å²) in [6.07, 6.45) is -4.64. The van der Waals surface area contributed by atoms with E-state index >= 15 is 0 Å². The molecule has 0 aliphatic carbocycles. The molecule has 0 saturated carbocycles.